The van der Waals surface area contributed by atoms with Crippen LogP contribution in [0, 0.1) is 6.92 Å². The van der Waals surface area contributed by atoms with E-state index in [2.05, 4.69) is 31.4 Å². The van der Waals surface area contributed by atoms with Crippen molar-refractivity contribution in [2.45, 2.75) is 19.9 Å². The van der Waals surface area contributed by atoms with Gasteiger partial charge < -0.3 is 14.6 Å². The molecule has 1 aromatic heterocycles. The minimum Gasteiger partial charge on any atom is -0.484 e. The second kappa shape index (κ2) is 6.51. The summed E-state index contributed by atoms with van der Waals surface area (Å²) in [7, 11) is 0. The highest BCUT2D eigenvalue weighted by Crippen LogP contribution is 2.16. The minimum absolute atomic E-state index is 0.0703. The molecule has 1 aromatic carbocycles. The van der Waals surface area contributed by atoms with Crippen LogP contribution in [0.3, 0.4) is 0 Å². The van der Waals surface area contributed by atoms with E-state index in [-0.39, 0.29) is 18.6 Å². The zero-order valence-electron chi connectivity index (χ0n) is 11.1. The van der Waals surface area contributed by atoms with E-state index in [0.29, 0.717) is 17.5 Å². The van der Waals surface area contributed by atoms with E-state index in [1.807, 2.05) is 12.1 Å². The average molecular weight is 340 g/mol. The molecule has 0 aliphatic rings. The molecule has 1 heterocycles. The number of benzene rings is 1. The summed E-state index contributed by atoms with van der Waals surface area (Å²) >= 11 is 3.33. The van der Waals surface area contributed by atoms with Crippen molar-refractivity contribution < 1.29 is 14.1 Å². The van der Waals surface area contributed by atoms with Crippen LogP contribution >= 0.6 is 15.9 Å². The van der Waals surface area contributed by atoms with Gasteiger partial charge in [-0.2, -0.15) is 4.98 Å². The fraction of sp³-hybridized carbons (Fsp3) is 0.308. The Morgan fingerprint density at radius 2 is 2.15 bits per heavy atom. The van der Waals surface area contributed by atoms with Crippen molar-refractivity contribution in [3.63, 3.8) is 0 Å². The van der Waals surface area contributed by atoms with Gasteiger partial charge in [0.25, 0.3) is 5.91 Å². The molecule has 0 spiro atoms. The Morgan fingerprint density at radius 1 is 1.45 bits per heavy atom. The second-order valence-electron chi connectivity index (χ2n) is 4.21. The molecule has 1 N–H and O–H groups in total. The maximum atomic E-state index is 11.7. The molecule has 6 nitrogen and oxygen atoms in total. The Morgan fingerprint density at radius 3 is 2.75 bits per heavy atom. The largest absolute Gasteiger partial charge is 0.484 e. The summed E-state index contributed by atoms with van der Waals surface area (Å²) in [5, 5.41) is 6.40. The highest BCUT2D eigenvalue weighted by molar-refractivity contribution is 9.10. The van der Waals surface area contributed by atoms with Crippen LogP contribution in [0.15, 0.2) is 33.3 Å². The number of amides is 1. The van der Waals surface area contributed by atoms with Crippen LogP contribution in [0.5, 0.6) is 5.75 Å². The van der Waals surface area contributed by atoms with Gasteiger partial charge in [0, 0.05) is 4.47 Å². The zero-order chi connectivity index (χ0) is 14.5. The lowest BCUT2D eigenvalue weighted by Gasteiger charge is -2.10. The van der Waals surface area contributed by atoms with Crippen molar-refractivity contribution in [2.75, 3.05) is 6.61 Å². The van der Waals surface area contributed by atoms with E-state index in [0.717, 1.165) is 4.47 Å². The standard InChI is InChI=1S/C13H14BrN3O3/c1-8(13-16-9(2)17-20-13)15-12(18)7-19-11-5-3-10(14)4-6-11/h3-6,8H,7H2,1-2H3,(H,15,18). The fourth-order valence-electron chi connectivity index (χ4n) is 1.51. The first-order valence-electron chi connectivity index (χ1n) is 6.02. The van der Waals surface area contributed by atoms with E-state index < -0.39 is 0 Å². The van der Waals surface area contributed by atoms with Gasteiger partial charge in [0.2, 0.25) is 5.89 Å². The molecule has 0 radical (unpaired) electrons. The monoisotopic (exact) mass is 339 g/mol. The predicted octanol–water partition coefficient (Wildman–Crippen LogP) is 2.40. The maximum Gasteiger partial charge on any atom is 0.258 e. The van der Waals surface area contributed by atoms with Gasteiger partial charge in [-0.3, -0.25) is 4.79 Å². The van der Waals surface area contributed by atoms with E-state index in [1.54, 1.807) is 26.0 Å². The van der Waals surface area contributed by atoms with Crippen LogP contribution in [-0.2, 0) is 4.79 Å². The lowest BCUT2D eigenvalue weighted by Crippen LogP contribution is -2.31. The number of aromatic nitrogens is 2. The van der Waals surface area contributed by atoms with Crippen molar-refractivity contribution in [1.82, 2.24) is 15.5 Å². The Bertz CT molecular complexity index is 583. The molecule has 0 bridgehead atoms. The first-order valence-corrected chi connectivity index (χ1v) is 6.82. The lowest BCUT2D eigenvalue weighted by molar-refractivity contribution is -0.123. The molecule has 2 rings (SSSR count). The third-order valence-corrected chi connectivity index (χ3v) is 3.00. The quantitative estimate of drug-likeness (QED) is 0.904. The van der Waals surface area contributed by atoms with Crippen LogP contribution in [0.4, 0.5) is 0 Å². The summed E-state index contributed by atoms with van der Waals surface area (Å²) in [4.78, 5) is 15.8. The highest BCUT2D eigenvalue weighted by Gasteiger charge is 2.15. The Kier molecular flexibility index (Phi) is 4.73. The molecule has 1 unspecified atom stereocenters. The van der Waals surface area contributed by atoms with E-state index in [4.69, 9.17) is 9.26 Å². The first kappa shape index (κ1) is 14.5. The van der Waals surface area contributed by atoms with Crippen molar-refractivity contribution in [2.24, 2.45) is 0 Å². The normalized spacial score (nSPS) is 11.9. The van der Waals surface area contributed by atoms with Gasteiger partial charge in [0.05, 0.1) is 0 Å². The van der Waals surface area contributed by atoms with Crippen LogP contribution < -0.4 is 10.1 Å². The molecule has 106 valence electrons. The van der Waals surface area contributed by atoms with Gasteiger partial charge in [-0.25, -0.2) is 0 Å². The summed E-state index contributed by atoms with van der Waals surface area (Å²) in [6.45, 7) is 3.42. The molecule has 0 fully saturated rings. The second-order valence-corrected chi connectivity index (χ2v) is 5.13. The lowest BCUT2D eigenvalue weighted by atomic mass is 10.3. The molecule has 0 saturated carbocycles. The Labute approximate surface area is 124 Å². The number of carbonyl (C=O) groups excluding carboxylic acids is 1. The number of ether oxygens (including phenoxy) is 1. The Hall–Kier alpha value is -1.89. The summed E-state index contributed by atoms with van der Waals surface area (Å²) in [6, 6.07) is 6.90. The van der Waals surface area contributed by atoms with Gasteiger partial charge in [-0.05, 0) is 38.1 Å². The van der Waals surface area contributed by atoms with Crippen molar-refractivity contribution >= 4 is 21.8 Å². The maximum absolute atomic E-state index is 11.7. The fourth-order valence-corrected chi connectivity index (χ4v) is 1.78. The molecule has 2 aromatic rings. The first-order chi connectivity index (χ1) is 9.54. The molecule has 1 atom stereocenters. The predicted molar refractivity (Wildman–Crippen MR) is 75.2 cm³/mol. The number of aryl methyl sites for hydroxylation is 1. The number of nitrogens with zero attached hydrogens (tertiary/aromatic N) is 2. The van der Waals surface area contributed by atoms with Crippen LogP contribution in [-0.4, -0.2) is 22.7 Å². The number of rotatable bonds is 5. The molecule has 0 aliphatic heterocycles. The van der Waals surface area contributed by atoms with Gasteiger partial charge in [-0.1, -0.05) is 21.1 Å². The summed E-state index contributed by atoms with van der Waals surface area (Å²) in [5.41, 5.74) is 0. The van der Waals surface area contributed by atoms with E-state index >= 15 is 0 Å². The molecule has 7 heteroatoms. The third-order valence-electron chi connectivity index (χ3n) is 2.47. The van der Waals surface area contributed by atoms with E-state index in [1.165, 1.54) is 0 Å². The molecule has 0 saturated heterocycles. The van der Waals surface area contributed by atoms with Gasteiger partial charge in [-0.15, -0.1) is 0 Å². The SMILES string of the molecule is Cc1noc(C(C)NC(=O)COc2ccc(Br)cc2)n1. The minimum atomic E-state index is -0.350. The average Bonchev–Trinajstić information content (AvgIpc) is 2.85. The summed E-state index contributed by atoms with van der Waals surface area (Å²) in [6.07, 6.45) is 0. The smallest absolute Gasteiger partial charge is 0.258 e. The highest BCUT2D eigenvalue weighted by atomic mass is 79.9. The van der Waals surface area contributed by atoms with Gasteiger partial charge in [0.15, 0.2) is 12.4 Å². The van der Waals surface area contributed by atoms with E-state index in [9.17, 15) is 4.79 Å². The molecular formula is C13H14BrN3O3. The van der Waals surface area contributed by atoms with Crippen LogP contribution in [0.25, 0.3) is 0 Å². The summed E-state index contributed by atoms with van der Waals surface area (Å²) in [5.74, 6) is 1.28. The van der Waals surface area contributed by atoms with Crippen LogP contribution in [0.1, 0.15) is 24.7 Å². The number of halogens is 1. The number of nitrogens with one attached hydrogen (secondary N) is 1. The van der Waals surface area contributed by atoms with Crippen molar-refractivity contribution in [3.8, 4) is 5.75 Å². The van der Waals surface area contributed by atoms with Crippen molar-refractivity contribution in [3.05, 3.63) is 40.5 Å². The topological polar surface area (TPSA) is 77.2 Å². The van der Waals surface area contributed by atoms with Gasteiger partial charge in [0.1, 0.15) is 11.8 Å². The number of carbonyl (C=O) groups is 1. The zero-order valence-corrected chi connectivity index (χ0v) is 12.7. The number of hydrogen-bond donors (Lipinski definition) is 1. The third kappa shape index (κ3) is 4.06. The van der Waals surface area contributed by atoms with Gasteiger partial charge >= 0.3 is 0 Å². The van der Waals surface area contributed by atoms with Crippen molar-refractivity contribution in [1.29, 1.82) is 0 Å². The molecule has 20 heavy (non-hydrogen) atoms. The Balaban J connectivity index is 1.82. The summed E-state index contributed by atoms with van der Waals surface area (Å²) < 4.78 is 11.3. The molecular weight excluding hydrogens is 326 g/mol. The molecule has 0 aliphatic carbocycles. The number of hydrogen-bond acceptors (Lipinski definition) is 5. The van der Waals surface area contributed by atoms with Crippen LogP contribution in [0.2, 0.25) is 0 Å². The molecule has 1 amide bonds.